The first-order valence-corrected chi connectivity index (χ1v) is 10.0. The summed E-state index contributed by atoms with van der Waals surface area (Å²) in [6.45, 7) is 1.77. The third kappa shape index (κ3) is 5.08. The molecule has 0 saturated carbocycles. The third-order valence-corrected chi connectivity index (χ3v) is 5.09. The number of thioether (sulfide) groups is 1. The Kier molecular flexibility index (Phi) is 5.73. The van der Waals surface area contributed by atoms with Gasteiger partial charge in [0.25, 0.3) is 0 Å². The second-order valence-electron chi connectivity index (χ2n) is 6.56. The van der Waals surface area contributed by atoms with Crippen LogP contribution in [-0.4, -0.2) is 20.1 Å². The molecule has 0 bridgehead atoms. The van der Waals surface area contributed by atoms with Gasteiger partial charge in [0.15, 0.2) is 5.82 Å². The van der Waals surface area contributed by atoms with E-state index in [-0.39, 0.29) is 5.82 Å². The molecule has 0 aliphatic rings. The van der Waals surface area contributed by atoms with E-state index >= 15 is 0 Å². The van der Waals surface area contributed by atoms with Crippen molar-refractivity contribution in [1.29, 1.82) is 0 Å². The molecule has 0 fully saturated rings. The number of aryl methyl sites for hydroxylation is 1. The summed E-state index contributed by atoms with van der Waals surface area (Å²) in [4.78, 5) is 13.0. The molecule has 2 aromatic carbocycles. The summed E-state index contributed by atoms with van der Waals surface area (Å²) >= 11 is 1.31. The molecular weight excluding hydrogens is 432 g/mol. The van der Waals surface area contributed by atoms with Crippen molar-refractivity contribution in [2.75, 3.05) is 0 Å². The summed E-state index contributed by atoms with van der Waals surface area (Å²) in [6, 6.07) is 12.3. The molecule has 5 nitrogen and oxygen atoms in total. The summed E-state index contributed by atoms with van der Waals surface area (Å²) in [7, 11) is 0. The maximum absolute atomic E-state index is 13.4. The molecule has 0 saturated heterocycles. The summed E-state index contributed by atoms with van der Waals surface area (Å²) in [5, 5.41) is 4.46. The predicted octanol–water partition coefficient (Wildman–Crippen LogP) is 5.95. The molecule has 0 spiro atoms. The number of aromatic nitrogens is 4. The van der Waals surface area contributed by atoms with Gasteiger partial charge in [-0.1, -0.05) is 41.2 Å². The first-order valence-electron chi connectivity index (χ1n) is 9.02. The van der Waals surface area contributed by atoms with E-state index in [0.29, 0.717) is 39.3 Å². The van der Waals surface area contributed by atoms with Crippen LogP contribution in [0.4, 0.5) is 17.6 Å². The van der Waals surface area contributed by atoms with Crippen LogP contribution in [0.3, 0.4) is 0 Å². The molecule has 0 atom stereocenters. The number of hydrogen-bond acceptors (Lipinski definition) is 6. The number of nitrogens with zero attached hydrogens (tertiary/aromatic N) is 4. The minimum absolute atomic E-state index is 0.277. The zero-order chi connectivity index (χ0) is 22.0. The molecule has 0 aliphatic carbocycles. The van der Waals surface area contributed by atoms with Crippen molar-refractivity contribution in [3.63, 3.8) is 0 Å². The summed E-state index contributed by atoms with van der Waals surface area (Å²) < 4.78 is 56.9. The Balaban J connectivity index is 1.49. The lowest BCUT2D eigenvalue weighted by Gasteiger charge is -2.08. The van der Waals surface area contributed by atoms with Crippen LogP contribution in [0.5, 0.6) is 0 Å². The minimum Gasteiger partial charge on any atom is -0.338 e. The van der Waals surface area contributed by atoms with Gasteiger partial charge in [0.05, 0.1) is 11.3 Å². The van der Waals surface area contributed by atoms with E-state index in [4.69, 9.17) is 4.52 Å². The van der Waals surface area contributed by atoms with E-state index in [9.17, 15) is 17.6 Å². The van der Waals surface area contributed by atoms with Crippen molar-refractivity contribution in [3.8, 4) is 22.8 Å². The lowest BCUT2D eigenvalue weighted by atomic mass is 10.1. The second kappa shape index (κ2) is 8.46. The second-order valence-corrected chi connectivity index (χ2v) is 7.55. The average molecular weight is 446 g/mol. The highest BCUT2D eigenvalue weighted by molar-refractivity contribution is 7.98. The van der Waals surface area contributed by atoms with Crippen molar-refractivity contribution in [1.82, 2.24) is 20.1 Å². The van der Waals surface area contributed by atoms with Gasteiger partial charge >= 0.3 is 6.18 Å². The molecular formula is C21H14F4N4OS. The molecule has 0 N–H and O–H groups in total. The first kappa shape index (κ1) is 21.0. The highest BCUT2D eigenvalue weighted by Crippen LogP contribution is 2.31. The Morgan fingerprint density at radius 3 is 2.39 bits per heavy atom. The van der Waals surface area contributed by atoms with Crippen LogP contribution in [0, 0.1) is 12.7 Å². The number of halogens is 4. The lowest BCUT2D eigenvalue weighted by Crippen LogP contribution is -2.04. The largest absolute Gasteiger partial charge is 0.416 e. The summed E-state index contributed by atoms with van der Waals surface area (Å²) in [5.74, 6) is 0.842. The van der Waals surface area contributed by atoms with Gasteiger partial charge in [-0.15, -0.1) is 0 Å². The van der Waals surface area contributed by atoms with Crippen molar-refractivity contribution in [2.45, 2.75) is 23.9 Å². The smallest absolute Gasteiger partial charge is 0.338 e. The average Bonchev–Trinajstić information content (AvgIpc) is 3.21. The van der Waals surface area contributed by atoms with Gasteiger partial charge in [-0.2, -0.15) is 18.2 Å². The van der Waals surface area contributed by atoms with Gasteiger partial charge in [0, 0.05) is 16.8 Å². The van der Waals surface area contributed by atoms with Crippen LogP contribution < -0.4 is 0 Å². The first-order chi connectivity index (χ1) is 14.8. The molecule has 0 amide bonds. The van der Waals surface area contributed by atoms with Gasteiger partial charge in [0.1, 0.15) is 10.8 Å². The van der Waals surface area contributed by atoms with E-state index in [2.05, 4.69) is 20.1 Å². The van der Waals surface area contributed by atoms with Crippen molar-refractivity contribution < 1.29 is 22.1 Å². The zero-order valence-corrected chi connectivity index (χ0v) is 16.8. The number of hydrogen-bond donors (Lipinski definition) is 0. The minimum atomic E-state index is -4.40. The van der Waals surface area contributed by atoms with E-state index in [0.717, 1.165) is 12.1 Å². The fourth-order valence-corrected chi connectivity index (χ4v) is 3.54. The van der Waals surface area contributed by atoms with Crippen molar-refractivity contribution in [3.05, 3.63) is 77.6 Å². The Labute approximate surface area is 178 Å². The SMILES string of the molecule is Cc1cc(SCc2nc(-c3cccc(F)c3)no2)nc(-c2ccc(C(F)(F)F)cc2)n1. The zero-order valence-electron chi connectivity index (χ0n) is 16.0. The van der Waals surface area contributed by atoms with Crippen LogP contribution in [0.2, 0.25) is 0 Å². The van der Waals surface area contributed by atoms with Gasteiger partial charge in [-0.25, -0.2) is 14.4 Å². The summed E-state index contributed by atoms with van der Waals surface area (Å²) in [5.41, 5.74) is 0.912. The fraction of sp³-hybridized carbons (Fsp3) is 0.143. The van der Waals surface area contributed by atoms with Gasteiger partial charge < -0.3 is 4.52 Å². The molecule has 0 unspecified atom stereocenters. The Bertz CT molecular complexity index is 1210. The quantitative estimate of drug-likeness (QED) is 0.214. The normalized spacial score (nSPS) is 11.6. The fourth-order valence-electron chi connectivity index (χ4n) is 2.74. The number of benzene rings is 2. The van der Waals surface area contributed by atoms with Crippen LogP contribution in [0.1, 0.15) is 17.1 Å². The molecule has 158 valence electrons. The van der Waals surface area contributed by atoms with Crippen LogP contribution >= 0.6 is 11.8 Å². The summed E-state index contributed by atoms with van der Waals surface area (Å²) in [6.07, 6.45) is -4.40. The van der Waals surface area contributed by atoms with Crippen LogP contribution in [0.25, 0.3) is 22.8 Å². The maximum Gasteiger partial charge on any atom is 0.416 e. The third-order valence-electron chi connectivity index (χ3n) is 4.20. The molecule has 0 aliphatic heterocycles. The van der Waals surface area contributed by atoms with Gasteiger partial charge in [-0.3, -0.25) is 0 Å². The molecule has 0 radical (unpaired) electrons. The highest BCUT2D eigenvalue weighted by Gasteiger charge is 2.30. The van der Waals surface area contributed by atoms with E-state index in [1.54, 1.807) is 25.1 Å². The topological polar surface area (TPSA) is 64.7 Å². The molecule has 10 heteroatoms. The monoisotopic (exact) mass is 446 g/mol. The van der Waals surface area contributed by atoms with Crippen LogP contribution in [-0.2, 0) is 11.9 Å². The lowest BCUT2D eigenvalue weighted by molar-refractivity contribution is -0.137. The van der Waals surface area contributed by atoms with E-state index < -0.39 is 17.6 Å². The van der Waals surface area contributed by atoms with Crippen molar-refractivity contribution in [2.24, 2.45) is 0 Å². The Morgan fingerprint density at radius 1 is 0.903 bits per heavy atom. The predicted molar refractivity (Wildman–Crippen MR) is 106 cm³/mol. The molecule has 4 aromatic rings. The van der Waals surface area contributed by atoms with Gasteiger partial charge in [0.2, 0.25) is 11.7 Å². The molecule has 4 rings (SSSR count). The number of alkyl halides is 3. The van der Waals surface area contributed by atoms with E-state index in [1.807, 2.05) is 0 Å². The Morgan fingerprint density at radius 2 is 1.68 bits per heavy atom. The molecule has 2 aromatic heterocycles. The van der Waals surface area contributed by atoms with Gasteiger partial charge in [-0.05, 0) is 37.3 Å². The molecule has 31 heavy (non-hydrogen) atoms. The highest BCUT2D eigenvalue weighted by atomic mass is 32.2. The number of rotatable bonds is 5. The molecule has 2 heterocycles. The van der Waals surface area contributed by atoms with E-state index in [1.165, 1.54) is 36.0 Å². The standard InChI is InChI=1S/C21H14F4N4OS/c1-12-9-18(28-19(26-12)13-5-7-15(8-6-13)21(23,24)25)31-11-17-27-20(29-30-17)14-3-2-4-16(22)10-14/h2-10H,11H2,1H3. The van der Waals surface area contributed by atoms with Crippen LogP contribution in [0.15, 0.2) is 64.1 Å². The maximum atomic E-state index is 13.4. The Hall–Kier alpha value is -3.27. The van der Waals surface area contributed by atoms with Crippen molar-refractivity contribution >= 4 is 11.8 Å².